The van der Waals surface area contributed by atoms with Crippen LogP contribution in [0.1, 0.15) is 12.8 Å². The second-order valence-electron chi connectivity index (χ2n) is 5.60. The predicted octanol–water partition coefficient (Wildman–Crippen LogP) is 1.97. The Morgan fingerprint density at radius 3 is 2.77 bits per heavy atom. The number of carbonyl (C=O) groups excluding carboxylic acids is 2. The summed E-state index contributed by atoms with van der Waals surface area (Å²) in [7, 11) is 3.95. The number of nitrogens with one attached hydrogen (secondary N) is 1. The van der Waals surface area contributed by atoms with E-state index in [1.807, 2.05) is 14.1 Å². The van der Waals surface area contributed by atoms with E-state index in [4.69, 9.17) is 11.6 Å². The fourth-order valence-electron chi connectivity index (χ4n) is 2.42. The molecule has 1 heterocycles. The maximum atomic E-state index is 13.0. The third-order valence-corrected chi connectivity index (χ3v) is 4.05. The van der Waals surface area contributed by atoms with E-state index in [0.29, 0.717) is 24.8 Å². The van der Waals surface area contributed by atoms with Crippen LogP contribution >= 0.6 is 11.6 Å². The smallest absolute Gasteiger partial charge is 0.233 e. The highest BCUT2D eigenvalue weighted by atomic mass is 35.5. The predicted molar refractivity (Wildman–Crippen MR) is 83.3 cm³/mol. The molecule has 0 bridgehead atoms. The summed E-state index contributed by atoms with van der Waals surface area (Å²) in [4.78, 5) is 27.8. The molecule has 0 unspecified atom stereocenters. The van der Waals surface area contributed by atoms with Gasteiger partial charge in [0.05, 0.1) is 5.02 Å². The van der Waals surface area contributed by atoms with Crippen molar-refractivity contribution >= 4 is 29.1 Å². The van der Waals surface area contributed by atoms with Crippen LogP contribution in [0.15, 0.2) is 18.2 Å². The van der Waals surface area contributed by atoms with Gasteiger partial charge in [-0.05, 0) is 38.7 Å². The Morgan fingerprint density at radius 2 is 2.18 bits per heavy atom. The zero-order chi connectivity index (χ0) is 16.3. The molecule has 120 valence electrons. The standard InChI is InChI=1S/C15H19ClFN3O2/c1-19(2)11-5-6-20(9-11)15(22)8-14(21)18-10-3-4-13(17)12(16)7-10/h3-4,7,11H,5-6,8-9H2,1-2H3,(H,18,21)/t11-/m0/s1. The van der Waals surface area contributed by atoms with Gasteiger partial charge in [-0.15, -0.1) is 0 Å². The molecule has 2 amide bonds. The summed E-state index contributed by atoms with van der Waals surface area (Å²) in [6.45, 7) is 1.30. The molecule has 0 saturated carbocycles. The number of carbonyl (C=O) groups is 2. The van der Waals surface area contributed by atoms with E-state index in [-0.39, 0.29) is 17.4 Å². The highest BCUT2D eigenvalue weighted by Crippen LogP contribution is 2.20. The number of amides is 2. The molecule has 22 heavy (non-hydrogen) atoms. The summed E-state index contributed by atoms with van der Waals surface area (Å²) >= 11 is 5.65. The molecular formula is C15H19ClFN3O2. The van der Waals surface area contributed by atoms with Crippen LogP contribution in [0, 0.1) is 5.82 Å². The fourth-order valence-corrected chi connectivity index (χ4v) is 2.60. The molecule has 2 rings (SSSR count). The summed E-state index contributed by atoms with van der Waals surface area (Å²) in [5.41, 5.74) is 0.372. The van der Waals surface area contributed by atoms with Crippen LogP contribution in [0.5, 0.6) is 0 Å². The summed E-state index contributed by atoms with van der Waals surface area (Å²) in [5.74, 6) is -1.18. The van der Waals surface area contributed by atoms with Gasteiger partial charge in [0.15, 0.2) is 0 Å². The Bertz CT molecular complexity index is 580. The van der Waals surface area contributed by atoms with Gasteiger partial charge in [0.25, 0.3) is 0 Å². The van der Waals surface area contributed by atoms with Gasteiger partial charge in [-0.2, -0.15) is 0 Å². The molecule has 1 aliphatic heterocycles. The lowest BCUT2D eigenvalue weighted by molar-refractivity contribution is -0.133. The summed E-state index contributed by atoms with van der Waals surface area (Å²) in [6.07, 6.45) is 0.684. The molecule has 1 aromatic carbocycles. The molecule has 1 atom stereocenters. The van der Waals surface area contributed by atoms with Crippen LogP contribution in [0.25, 0.3) is 0 Å². The van der Waals surface area contributed by atoms with Gasteiger partial charge in [0.1, 0.15) is 12.2 Å². The fraction of sp³-hybridized carbons (Fsp3) is 0.467. The minimum absolute atomic E-state index is 0.0718. The lowest BCUT2D eigenvalue weighted by Gasteiger charge is -2.20. The molecule has 1 aliphatic rings. The highest BCUT2D eigenvalue weighted by Gasteiger charge is 2.28. The van der Waals surface area contributed by atoms with Gasteiger partial charge >= 0.3 is 0 Å². The van der Waals surface area contributed by atoms with Crippen molar-refractivity contribution in [1.29, 1.82) is 0 Å². The number of halogens is 2. The molecule has 1 aromatic rings. The second kappa shape index (κ2) is 7.07. The van der Waals surface area contributed by atoms with E-state index >= 15 is 0 Å². The number of rotatable bonds is 4. The van der Waals surface area contributed by atoms with Crippen molar-refractivity contribution in [3.63, 3.8) is 0 Å². The van der Waals surface area contributed by atoms with Crippen molar-refractivity contribution in [3.8, 4) is 0 Å². The number of hydrogen-bond donors (Lipinski definition) is 1. The van der Waals surface area contributed by atoms with Crippen LogP contribution in [-0.4, -0.2) is 54.8 Å². The number of likely N-dealkylation sites (N-methyl/N-ethyl adjacent to an activating group) is 1. The van der Waals surface area contributed by atoms with Crippen LogP contribution in [-0.2, 0) is 9.59 Å². The van der Waals surface area contributed by atoms with E-state index in [9.17, 15) is 14.0 Å². The molecule has 0 radical (unpaired) electrons. The Balaban J connectivity index is 1.86. The van der Waals surface area contributed by atoms with Gasteiger partial charge in [-0.1, -0.05) is 11.6 Å². The van der Waals surface area contributed by atoms with Crippen molar-refractivity contribution in [1.82, 2.24) is 9.80 Å². The van der Waals surface area contributed by atoms with Crippen LogP contribution < -0.4 is 5.32 Å². The minimum atomic E-state index is -0.553. The van der Waals surface area contributed by atoms with Crippen molar-refractivity contribution in [3.05, 3.63) is 29.0 Å². The molecule has 0 aliphatic carbocycles. The lowest BCUT2D eigenvalue weighted by atomic mass is 10.2. The SMILES string of the molecule is CN(C)[C@H]1CCN(C(=O)CC(=O)Nc2ccc(F)c(Cl)c2)C1. The summed E-state index contributed by atoms with van der Waals surface area (Å²) in [6, 6.07) is 4.23. The summed E-state index contributed by atoms with van der Waals surface area (Å²) < 4.78 is 13.0. The molecule has 7 heteroatoms. The van der Waals surface area contributed by atoms with E-state index in [1.54, 1.807) is 4.90 Å². The number of likely N-dealkylation sites (tertiary alicyclic amines) is 1. The maximum absolute atomic E-state index is 13.0. The topological polar surface area (TPSA) is 52.7 Å². The Kier molecular flexibility index (Phi) is 5.37. The first kappa shape index (κ1) is 16.7. The van der Waals surface area contributed by atoms with Crippen LogP contribution in [0.4, 0.5) is 10.1 Å². The van der Waals surface area contributed by atoms with Gasteiger partial charge in [-0.25, -0.2) is 4.39 Å². The summed E-state index contributed by atoms with van der Waals surface area (Å²) in [5, 5.41) is 2.48. The van der Waals surface area contributed by atoms with Crippen molar-refractivity contribution in [2.75, 3.05) is 32.5 Å². The Labute approximate surface area is 134 Å². The van der Waals surface area contributed by atoms with Crippen LogP contribution in [0.3, 0.4) is 0 Å². The number of anilines is 1. The zero-order valence-corrected chi connectivity index (χ0v) is 13.4. The van der Waals surface area contributed by atoms with E-state index < -0.39 is 11.7 Å². The number of nitrogens with zero attached hydrogens (tertiary/aromatic N) is 2. The minimum Gasteiger partial charge on any atom is -0.341 e. The monoisotopic (exact) mass is 327 g/mol. The first-order valence-electron chi connectivity index (χ1n) is 7.06. The molecule has 1 saturated heterocycles. The van der Waals surface area contributed by atoms with Gasteiger partial charge < -0.3 is 15.1 Å². The normalized spacial score (nSPS) is 17.9. The number of benzene rings is 1. The van der Waals surface area contributed by atoms with Crippen molar-refractivity contribution in [2.45, 2.75) is 18.9 Å². The first-order valence-corrected chi connectivity index (χ1v) is 7.43. The Hall–Kier alpha value is -1.66. The quantitative estimate of drug-likeness (QED) is 0.860. The molecule has 0 spiro atoms. The first-order chi connectivity index (χ1) is 10.4. The van der Waals surface area contributed by atoms with Crippen LogP contribution in [0.2, 0.25) is 5.02 Å². The zero-order valence-electron chi connectivity index (χ0n) is 12.6. The second-order valence-corrected chi connectivity index (χ2v) is 6.01. The lowest BCUT2D eigenvalue weighted by Crippen LogP contribution is -2.36. The number of hydrogen-bond acceptors (Lipinski definition) is 3. The van der Waals surface area contributed by atoms with E-state index in [2.05, 4.69) is 10.2 Å². The molecule has 5 nitrogen and oxygen atoms in total. The molecule has 1 N–H and O–H groups in total. The average molecular weight is 328 g/mol. The van der Waals surface area contributed by atoms with E-state index in [0.717, 1.165) is 6.42 Å². The molecule has 0 aromatic heterocycles. The maximum Gasteiger partial charge on any atom is 0.233 e. The Morgan fingerprint density at radius 1 is 1.45 bits per heavy atom. The molecular weight excluding hydrogens is 309 g/mol. The molecule has 1 fully saturated rings. The average Bonchev–Trinajstić information content (AvgIpc) is 2.93. The third kappa shape index (κ3) is 4.18. The van der Waals surface area contributed by atoms with Gasteiger partial charge in [0.2, 0.25) is 11.8 Å². The van der Waals surface area contributed by atoms with Crippen molar-refractivity contribution < 1.29 is 14.0 Å². The third-order valence-electron chi connectivity index (χ3n) is 3.76. The van der Waals surface area contributed by atoms with Gasteiger partial charge in [0, 0.05) is 24.8 Å². The van der Waals surface area contributed by atoms with Crippen molar-refractivity contribution in [2.24, 2.45) is 0 Å². The highest BCUT2D eigenvalue weighted by molar-refractivity contribution is 6.31. The van der Waals surface area contributed by atoms with E-state index in [1.165, 1.54) is 18.2 Å². The van der Waals surface area contributed by atoms with Gasteiger partial charge in [-0.3, -0.25) is 9.59 Å². The largest absolute Gasteiger partial charge is 0.341 e.